The third-order valence-electron chi connectivity index (χ3n) is 3.14. The number of anilines is 1. The average Bonchev–Trinajstić information content (AvgIpc) is 2.48. The van der Waals surface area contributed by atoms with Gasteiger partial charge < -0.3 is 5.73 Å². The van der Waals surface area contributed by atoms with Gasteiger partial charge >= 0.3 is 0 Å². The Morgan fingerprint density at radius 2 is 1.95 bits per heavy atom. The number of aryl methyl sites for hydroxylation is 1. The van der Waals surface area contributed by atoms with E-state index in [1.807, 2.05) is 18.2 Å². The van der Waals surface area contributed by atoms with Crippen molar-refractivity contribution in [1.82, 2.24) is 19.9 Å². The summed E-state index contributed by atoms with van der Waals surface area (Å²) in [5, 5.41) is 0.460. The molecule has 0 aliphatic heterocycles. The number of pyridine rings is 2. The first kappa shape index (κ1) is 13.7. The second-order valence-corrected chi connectivity index (χ2v) is 5.10. The van der Waals surface area contributed by atoms with Gasteiger partial charge in [0.15, 0.2) is 0 Å². The molecule has 0 amide bonds. The highest BCUT2D eigenvalue weighted by Crippen LogP contribution is 2.23. The highest BCUT2D eigenvalue weighted by Gasteiger charge is 2.09. The number of hydrogen-bond donors (Lipinski definition) is 1. The lowest BCUT2D eigenvalue weighted by atomic mass is 10.1. The van der Waals surface area contributed by atoms with E-state index in [1.54, 1.807) is 12.3 Å². The summed E-state index contributed by atoms with van der Waals surface area (Å²) in [5.74, 6) is 0.286. The van der Waals surface area contributed by atoms with Crippen LogP contribution in [0, 0.1) is 0 Å². The van der Waals surface area contributed by atoms with Crippen LogP contribution in [0.2, 0.25) is 5.15 Å². The second-order valence-electron chi connectivity index (χ2n) is 4.71. The molecule has 0 aliphatic carbocycles. The standard InChI is InChI=1S/C15H14ClN5/c1-2-3-11-14-12(21-15(17)20-11)6-5-10(19-14)9-4-7-13(16)18-8-9/h4-8H,2-3H2,1H3,(H2,17,20,21). The SMILES string of the molecule is CCCc1nc(N)nc2ccc(-c3ccc(Cl)nc3)nc12. The smallest absolute Gasteiger partial charge is 0.220 e. The molecule has 3 aromatic rings. The Kier molecular flexibility index (Phi) is 3.66. The van der Waals surface area contributed by atoms with Crippen molar-refractivity contribution in [2.24, 2.45) is 0 Å². The summed E-state index contributed by atoms with van der Waals surface area (Å²) in [6, 6.07) is 7.44. The Hall–Kier alpha value is -2.27. The Balaban J connectivity index is 2.16. The molecule has 0 saturated heterocycles. The summed E-state index contributed by atoms with van der Waals surface area (Å²) in [6.07, 6.45) is 3.49. The van der Waals surface area contributed by atoms with E-state index in [0.717, 1.165) is 40.8 Å². The first-order valence-electron chi connectivity index (χ1n) is 6.72. The summed E-state index contributed by atoms with van der Waals surface area (Å²) in [6.45, 7) is 2.09. The van der Waals surface area contributed by atoms with E-state index in [9.17, 15) is 0 Å². The molecule has 0 unspecified atom stereocenters. The van der Waals surface area contributed by atoms with Crippen LogP contribution in [-0.4, -0.2) is 19.9 Å². The molecule has 3 rings (SSSR count). The van der Waals surface area contributed by atoms with E-state index in [0.29, 0.717) is 5.15 Å². The van der Waals surface area contributed by atoms with Gasteiger partial charge in [0.25, 0.3) is 0 Å². The highest BCUT2D eigenvalue weighted by atomic mass is 35.5. The summed E-state index contributed by atoms with van der Waals surface area (Å²) >= 11 is 5.81. The first-order chi connectivity index (χ1) is 10.2. The Morgan fingerprint density at radius 3 is 2.67 bits per heavy atom. The fourth-order valence-corrected chi connectivity index (χ4v) is 2.31. The van der Waals surface area contributed by atoms with Crippen molar-refractivity contribution in [1.29, 1.82) is 0 Å². The molecule has 0 fully saturated rings. The average molecular weight is 300 g/mol. The number of hydrogen-bond acceptors (Lipinski definition) is 5. The van der Waals surface area contributed by atoms with Crippen LogP contribution in [0.15, 0.2) is 30.5 Å². The number of halogens is 1. The maximum Gasteiger partial charge on any atom is 0.220 e. The molecule has 3 heterocycles. The van der Waals surface area contributed by atoms with Gasteiger partial charge in [-0.25, -0.2) is 19.9 Å². The molecule has 0 bridgehead atoms. The van der Waals surface area contributed by atoms with E-state index in [-0.39, 0.29) is 5.95 Å². The fourth-order valence-electron chi connectivity index (χ4n) is 2.19. The predicted molar refractivity (Wildman–Crippen MR) is 84.0 cm³/mol. The van der Waals surface area contributed by atoms with Crippen LogP contribution >= 0.6 is 11.6 Å². The van der Waals surface area contributed by atoms with Crippen molar-refractivity contribution in [3.8, 4) is 11.3 Å². The zero-order chi connectivity index (χ0) is 14.8. The lowest BCUT2D eigenvalue weighted by Gasteiger charge is -2.07. The lowest BCUT2D eigenvalue weighted by Crippen LogP contribution is -2.02. The molecular formula is C15H14ClN5. The monoisotopic (exact) mass is 299 g/mol. The molecule has 0 saturated carbocycles. The molecule has 2 N–H and O–H groups in total. The van der Waals surface area contributed by atoms with Crippen LogP contribution < -0.4 is 5.73 Å². The third kappa shape index (κ3) is 2.78. The Labute approximate surface area is 127 Å². The number of nitrogens with two attached hydrogens (primary N) is 1. The van der Waals surface area contributed by atoms with Crippen molar-refractivity contribution in [3.63, 3.8) is 0 Å². The van der Waals surface area contributed by atoms with Crippen molar-refractivity contribution in [2.75, 3.05) is 5.73 Å². The van der Waals surface area contributed by atoms with Crippen molar-refractivity contribution in [3.05, 3.63) is 41.3 Å². The third-order valence-corrected chi connectivity index (χ3v) is 3.37. The molecule has 3 aromatic heterocycles. The Bertz CT molecular complexity index is 786. The van der Waals surface area contributed by atoms with Gasteiger partial charge in [-0.15, -0.1) is 0 Å². The summed E-state index contributed by atoms with van der Waals surface area (Å²) < 4.78 is 0. The molecule has 0 spiro atoms. The Morgan fingerprint density at radius 1 is 1.10 bits per heavy atom. The molecular weight excluding hydrogens is 286 g/mol. The van der Waals surface area contributed by atoms with E-state index >= 15 is 0 Å². The van der Waals surface area contributed by atoms with Gasteiger partial charge in [-0.05, 0) is 30.7 Å². The summed E-state index contributed by atoms with van der Waals surface area (Å²) in [4.78, 5) is 17.3. The van der Waals surface area contributed by atoms with Gasteiger partial charge in [0.2, 0.25) is 5.95 Å². The van der Waals surface area contributed by atoms with Crippen LogP contribution in [0.1, 0.15) is 19.0 Å². The first-order valence-corrected chi connectivity index (χ1v) is 7.10. The van der Waals surface area contributed by atoms with Gasteiger partial charge in [0, 0.05) is 11.8 Å². The predicted octanol–water partition coefficient (Wildman–Crippen LogP) is 3.27. The zero-order valence-corrected chi connectivity index (χ0v) is 12.3. The maximum atomic E-state index is 5.81. The number of rotatable bonds is 3. The molecule has 106 valence electrons. The van der Waals surface area contributed by atoms with E-state index in [4.69, 9.17) is 17.3 Å². The van der Waals surface area contributed by atoms with Gasteiger partial charge in [0.05, 0.1) is 16.9 Å². The number of nitrogen functional groups attached to an aromatic ring is 1. The minimum atomic E-state index is 0.286. The quantitative estimate of drug-likeness (QED) is 0.751. The van der Waals surface area contributed by atoms with Crippen LogP contribution in [0.25, 0.3) is 22.3 Å². The topological polar surface area (TPSA) is 77.6 Å². The van der Waals surface area contributed by atoms with Crippen molar-refractivity contribution >= 4 is 28.6 Å². The van der Waals surface area contributed by atoms with Gasteiger partial charge in [-0.1, -0.05) is 24.9 Å². The van der Waals surface area contributed by atoms with Crippen LogP contribution in [-0.2, 0) is 6.42 Å². The highest BCUT2D eigenvalue weighted by molar-refractivity contribution is 6.29. The molecule has 0 aromatic carbocycles. The van der Waals surface area contributed by atoms with E-state index in [1.165, 1.54) is 0 Å². The number of aromatic nitrogens is 4. The largest absolute Gasteiger partial charge is 0.368 e. The van der Waals surface area contributed by atoms with Crippen molar-refractivity contribution in [2.45, 2.75) is 19.8 Å². The van der Waals surface area contributed by atoms with Gasteiger partial charge in [-0.3, -0.25) is 0 Å². The molecule has 0 atom stereocenters. The summed E-state index contributed by atoms with van der Waals surface area (Å²) in [5.41, 5.74) is 9.90. The number of fused-ring (bicyclic) bond motifs is 1. The van der Waals surface area contributed by atoms with E-state index in [2.05, 4.69) is 26.9 Å². The van der Waals surface area contributed by atoms with Gasteiger partial charge in [-0.2, -0.15) is 0 Å². The second kappa shape index (κ2) is 5.61. The number of nitrogens with zero attached hydrogens (tertiary/aromatic N) is 4. The lowest BCUT2D eigenvalue weighted by molar-refractivity contribution is 0.885. The van der Waals surface area contributed by atoms with Gasteiger partial charge in [0.1, 0.15) is 10.7 Å². The maximum absolute atomic E-state index is 5.81. The normalized spacial score (nSPS) is 11.0. The molecule has 0 aliphatic rings. The molecule has 6 heteroatoms. The molecule has 5 nitrogen and oxygen atoms in total. The summed E-state index contributed by atoms with van der Waals surface area (Å²) in [7, 11) is 0. The minimum absolute atomic E-state index is 0.286. The fraction of sp³-hybridized carbons (Fsp3) is 0.200. The van der Waals surface area contributed by atoms with Crippen LogP contribution in [0.4, 0.5) is 5.95 Å². The molecule has 21 heavy (non-hydrogen) atoms. The van der Waals surface area contributed by atoms with E-state index < -0.39 is 0 Å². The zero-order valence-electron chi connectivity index (χ0n) is 11.5. The minimum Gasteiger partial charge on any atom is -0.368 e. The van der Waals surface area contributed by atoms with Crippen LogP contribution in [0.5, 0.6) is 0 Å². The van der Waals surface area contributed by atoms with Crippen molar-refractivity contribution < 1.29 is 0 Å². The molecule has 0 radical (unpaired) electrons. The van der Waals surface area contributed by atoms with Crippen LogP contribution in [0.3, 0.4) is 0 Å².